The van der Waals surface area contributed by atoms with E-state index in [0.717, 1.165) is 18.7 Å². The van der Waals surface area contributed by atoms with Crippen LogP contribution in [0.1, 0.15) is 50.3 Å². The number of aromatic nitrogens is 1. The van der Waals surface area contributed by atoms with E-state index in [4.69, 9.17) is 0 Å². The first kappa shape index (κ1) is 16.9. The van der Waals surface area contributed by atoms with Crippen molar-refractivity contribution in [1.82, 2.24) is 15.2 Å². The lowest BCUT2D eigenvalue weighted by atomic mass is 9.76. The number of hydrogen-bond donors (Lipinski definition) is 2. The Labute approximate surface area is 142 Å². The molecule has 6 nitrogen and oxygen atoms in total. The van der Waals surface area contributed by atoms with E-state index in [1.54, 1.807) is 6.20 Å². The highest BCUT2D eigenvalue weighted by atomic mass is 16.3. The van der Waals surface area contributed by atoms with Crippen LogP contribution in [0.15, 0.2) is 24.4 Å². The molecule has 0 bridgehead atoms. The summed E-state index contributed by atoms with van der Waals surface area (Å²) < 4.78 is 0. The number of carbonyl (C=O) groups is 2. The first-order chi connectivity index (χ1) is 11.6. The second-order valence-electron chi connectivity index (χ2n) is 6.77. The lowest BCUT2D eigenvalue weighted by Gasteiger charge is -2.37. The number of pyridine rings is 1. The lowest BCUT2D eigenvalue weighted by Crippen LogP contribution is -2.41. The maximum absolute atomic E-state index is 12.3. The minimum Gasteiger partial charge on any atom is -0.393 e. The Morgan fingerprint density at radius 3 is 2.88 bits per heavy atom. The summed E-state index contributed by atoms with van der Waals surface area (Å²) in [4.78, 5) is 30.1. The fraction of sp³-hybridized carbons (Fsp3) is 0.611. The van der Waals surface area contributed by atoms with Crippen molar-refractivity contribution in [3.8, 4) is 0 Å². The topological polar surface area (TPSA) is 82.5 Å². The van der Waals surface area contributed by atoms with E-state index in [1.807, 2.05) is 23.1 Å². The van der Waals surface area contributed by atoms with E-state index in [-0.39, 0.29) is 29.9 Å². The second kappa shape index (κ2) is 7.75. The fourth-order valence-electron chi connectivity index (χ4n) is 3.51. The first-order valence-corrected chi connectivity index (χ1v) is 8.79. The third kappa shape index (κ3) is 4.12. The van der Waals surface area contributed by atoms with Crippen LogP contribution in [0.2, 0.25) is 0 Å². The molecular formula is C18H25N3O3. The normalized spacial score (nSPS) is 24.5. The lowest BCUT2D eigenvalue weighted by molar-refractivity contribution is -0.128. The molecular weight excluding hydrogens is 306 g/mol. The minimum atomic E-state index is -0.265. The number of aliphatic hydroxyl groups excluding tert-OH is 1. The summed E-state index contributed by atoms with van der Waals surface area (Å²) >= 11 is 0. The van der Waals surface area contributed by atoms with E-state index in [2.05, 4.69) is 10.3 Å². The molecule has 0 aromatic carbocycles. The monoisotopic (exact) mass is 331 g/mol. The maximum Gasteiger partial charge on any atom is 0.222 e. The number of nitrogens with zero attached hydrogens (tertiary/aromatic N) is 2. The van der Waals surface area contributed by atoms with Crippen molar-refractivity contribution in [2.75, 3.05) is 13.1 Å². The molecule has 2 N–H and O–H groups in total. The van der Waals surface area contributed by atoms with Gasteiger partial charge >= 0.3 is 0 Å². The van der Waals surface area contributed by atoms with Gasteiger partial charge in [-0.15, -0.1) is 0 Å². The Morgan fingerprint density at radius 2 is 2.25 bits per heavy atom. The predicted octanol–water partition coefficient (Wildman–Crippen LogP) is 1.41. The van der Waals surface area contributed by atoms with Crippen LogP contribution in [0, 0.1) is 5.92 Å². The Hall–Kier alpha value is -1.95. The molecule has 0 radical (unpaired) electrons. The van der Waals surface area contributed by atoms with Gasteiger partial charge in [-0.2, -0.15) is 0 Å². The van der Waals surface area contributed by atoms with Crippen molar-refractivity contribution < 1.29 is 14.7 Å². The van der Waals surface area contributed by atoms with Crippen LogP contribution in [0.25, 0.3) is 0 Å². The molecule has 1 aliphatic heterocycles. The predicted molar refractivity (Wildman–Crippen MR) is 88.9 cm³/mol. The fourth-order valence-corrected chi connectivity index (χ4v) is 3.51. The number of nitrogens with one attached hydrogen (secondary N) is 1. The molecule has 1 aromatic rings. The SMILES string of the molecule is O=C(CCCN1CCCC1=O)N[C@@H](c1ccccn1)C1CC(O)C1. The number of aliphatic hydroxyl groups is 1. The van der Waals surface area contributed by atoms with E-state index < -0.39 is 0 Å². The van der Waals surface area contributed by atoms with Crippen LogP contribution in [-0.2, 0) is 9.59 Å². The molecule has 2 fully saturated rings. The highest BCUT2D eigenvalue weighted by Gasteiger charge is 2.36. The van der Waals surface area contributed by atoms with Crippen LogP contribution in [0.4, 0.5) is 0 Å². The molecule has 2 heterocycles. The van der Waals surface area contributed by atoms with Crippen molar-refractivity contribution in [3.05, 3.63) is 30.1 Å². The number of hydrogen-bond acceptors (Lipinski definition) is 4. The molecule has 130 valence electrons. The molecule has 2 amide bonds. The van der Waals surface area contributed by atoms with Gasteiger partial charge in [0, 0.05) is 32.1 Å². The van der Waals surface area contributed by atoms with Gasteiger partial charge in [0.1, 0.15) is 0 Å². The quantitative estimate of drug-likeness (QED) is 0.791. The maximum atomic E-state index is 12.3. The van der Waals surface area contributed by atoms with Crippen molar-refractivity contribution in [3.63, 3.8) is 0 Å². The van der Waals surface area contributed by atoms with Crippen molar-refractivity contribution >= 4 is 11.8 Å². The Kier molecular flexibility index (Phi) is 5.45. The van der Waals surface area contributed by atoms with Gasteiger partial charge in [0.2, 0.25) is 11.8 Å². The van der Waals surface area contributed by atoms with E-state index >= 15 is 0 Å². The Morgan fingerprint density at radius 1 is 1.42 bits per heavy atom. The highest BCUT2D eigenvalue weighted by Crippen LogP contribution is 2.37. The molecule has 1 aromatic heterocycles. The molecule has 0 unspecified atom stereocenters. The summed E-state index contributed by atoms with van der Waals surface area (Å²) in [5, 5.41) is 12.6. The average molecular weight is 331 g/mol. The van der Waals surface area contributed by atoms with Crippen molar-refractivity contribution in [1.29, 1.82) is 0 Å². The highest BCUT2D eigenvalue weighted by molar-refractivity contribution is 5.78. The summed E-state index contributed by atoms with van der Waals surface area (Å²) in [5.74, 6) is 0.419. The molecule has 1 aliphatic carbocycles. The van der Waals surface area contributed by atoms with Gasteiger partial charge < -0.3 is 15.3 Å². The van der Waals surface area contributed by atoms with Gasteiger partial charge in [-0.1, -0.05) is 6.07 Å². The third-order valence-electron chi connectivity index (χ3n) is 4.95. The molecule has 1 atom stereocenters. The van der Waals surface area contributed by atoms with Crippen molar-refractivity contribution in [2.45, 2.75) is 50.7 Å². The first-order valence-electron chi connectivity index (χ1n) is 8.79. The molecule has 1 saturated carbocycles. The average Bonchev–Trinajstić information content (AvgIpc) is 2.96. The van der Waals surface area contributed by atoms with Crippen molar-refractivity contribution in [2.24, 2.45) is 5.92 Å². The van der Waals surface area contributed by atoms with Gasteiger partial charge in [0.15, 0.2) is 0 Å². The second-order valence-corrected chi connectivity index (χ2v) is 6.77. The van der Waals surface area contributed by atoms with E-state index in [1.165, 1.54) is 0 Å². The van der Waals surface area contributed by atoms with Crippen LogP contribution in [0.5, 0.6) is 0 Å². The molecule has 6 heteroatoms. The molecule has 0 spiro atoms. The van der Waals surface area contributed by atoms with Crippen LogP contribution < -0.4 is 5.32 Å². The van der Waals surface area contributed by atoms with Gasteiger partial charge in [0.25, 0.3) is 0 Å². The number of carbonyl (C=O) groups excluding carboxylic acids is 2. The number of likely N-dealkylation sites (tertiary alicyclic amines) is 1. The molecule has 24 heavy (non-hydrogen) atoms. The molecule has 3 rings (SSSR count). The van der Waals surface area contributed by atoms with E-state index in [9.17, 15) is 14.7 Å². The smallest absolute Gasteiger partial charge is 0.222 e. The number of amides is 2. The van der Waals surface area contributed by atoms with Gasteiger partial charge in [-0.25, -0.2) is 0 Å². The summed E-state index contributed by atoms with van der Waals surface area (Å²) in [6.07, 6.45) is 5.51. The zero-order valence-electron chi connectivity index (χ0n) is 13.9. The van der Waals surface area contributed by atoms with Gasteiger partial charge in [-0.05, 0) is 43.7 Å². The van der Waals surface area contributed by atoms with Crippen LogP contribution in [-0.4, -0.2) is 46.0 Å². The Balaban J connectivity index is 1.50. The van der Waals surface area contributed by atoms with Gasteiger partial charge in [0.05, 0.1) is 17.8 Å². The van der Waals surface area contributed by atoms with E-state index in [0.29, 0.717) is 38.6 Å². The van der Waals surface area contributed by atoms with Crippen LogP contribution in [0.3, 0.4) is 0 Å². The standard InChI is InChI=1S/C18H25N3O3/c22-14-11-13(12-14)18(15-5-1-2-8-19-15)20-16(23)6-3-9-21-10-4-7-17(21)24/h1-2,5,8,13-14,18,22H,3-4,6-7,9-12H2,(H,20,23)/t13?,14?,18-/m1/s1. The zero-order chi connectivity index (χ0) is 16.9. The summed E-state index contributed by atoms with van der Waals surface area (Å²) in [6.45, 7) is 1.47. The largest absolute Gasteiger partial charge is 0.393 e. The summed E-state index contributed by atoms with van der Waals surface area (Å²) in [7, 11) is 0. The van der Waals surface area contributed by atoms with Crippen LogP contribution >= 0.6 is 0 Å². The van der Waals surface area contributed by atoms with Gasteiger partial charge in [-0.3, -0.25) is 14.6 Å². The summed E-state index contributed by atoms with van der Waals surface area (Å²) in [5.41, 5.74) is 0.845. The third-order valence-corrected chi connectivity index (χ3v) is 4.95. The molecule has 2 aliphatic rings. The minimum absolute atomic E-state index is 0.0151. The summed E-state index contributed by atoms with van der Waals surface area (Å²) in [6, 6.07) is 5.54. The zero-order valence-corrected chi connectivity index (χ0v) is 13.9. The number of rotatable bonds is 7. The Bertz CT molecular complexity index is 572. The molecule has 1 saturated heterocycles.